The molecule has 0 radical (unpaired) electrons. The van der Waals surface area contributed by atoms with E-state index in [9.17, 15) is 31.9 Å². The predicted molar refractivity (Wildman–Crippen MR) is 70.9 cm³/mol. The summed E-state index contributed by atoms with van der Waals surface area (Å²) in [5, 5.41) is 1.09. The standard InChI is InChI=1S/C13H11ClF4N2O3/c1-20-6(5-21)8(15)7(10(20)14)9(22)11(23)19-12(3-2-4-12)13(16,17)18/h5H,2-4H2,1H3,(H,19,23). The minimum absolute atomic E-state index is 0.0824. The molecule has 1 aliphatic rings. The van der Waals surface area contributed by atoms with Crippen LogP contribution in [0.3, 0.4) is 0 Å². The third-order valence-corrected chi connectivity index (χ3v) is 4.40. The minimum atomic E-state index is -4.73. The van der Waals surface area contributed by atoms with Crippen molar-refractivity contribution in [2.75, 3.05) is 0 Å². The van der Waals surface area contributed by atoms with E-state index in [1.807, 2.05) is 0 Å². The number of nitrogens with zero attached hydrogens (tertiary/aromatic N) is 1. The summed E-state index contributed by atoms with van der Waals surface area (Å²) in [6, 6.07) is 0. The molecule has 0 saturated heterocycles. The molecule has 126 valence electrons. The lowest BCUT2D eigenvalue weighted by Gasteiger charge is -2.43. The van der Waals surface area contributed by atoms with Crippen LogP contribution in [0.1, 0.15) is 40.1 Å². The molecule has 1 aliphatic carbocycles. The maximum atomic E-state index is 14.0. The summed E-state index contributed by atoms with van der Waals surface area (Å²) in [6.07, 6.45) is -5.13. The molecule has 10 heteroatoms. The van der Waals surface area contributed by atoms with Gasteiger partial charge in [0.2, 0.25) is 0 Å². The van der Waals surface area contributed by atoms with Gasteiger partial charge in [0.25, 0.3) is 11.7 Å². The number of aldehydes is 1. The Morgan fingerprint density at radius 3 is 2.26 bits per heavy atom. The van der Waals surface area contributed by atoms with Crippen LogP contribution in [0.2, 0.25) is 5.15 Å². The first-order chi connectivity index (χ1) is 10.6. The number of hydrogen-bond acceptors (Lipinski definition) is 3. The Kier molecular flexibility index (Phi) is 4.27. The summed E-state index contributed by atoms with van der Waals surface area (Å²) < 4.78 is 53.8. The summed E-state index contributed by atoms with van der Waals surface area (Å²) in [4.78, 5) is 34.5. The van der Waals surface area contributed by atoms with Crippen molar-refractivity contribution in [3.63, 3.8) is 0 Å². The van der Waals surface area contributed by atoms with Crippen molar-refractivity contribution >= 4 is 29.6 Å². The Bertz CT molecular complexity index is 692. The van der Waals surface area contributed by atoms with Crippen molar-refractivity contribution in [1.29, 1.82) is 0 Å². The van der Waals surface area contributed by atoms with Crippen LogP contribution in [0.15, 0.2) is 0 Å². The van der Waals surface area contributed by atoms with E-state index in [-0.39, 0.29) is 25.5 Å². The smallest absolute Gasteiger partial charge is 0.335 e. The molecular weight excluding hydrogens is 344 g/mol. The molecule has 1 heterocycles. The average Bonchev–Trinajstić information content (AvgIpc) is 2.62. The van der Waals surface area contributed by atoms with Crippen molar-refractivity contribution in [3.05, 3.63) is 22.2 Å². The van der Waals surface area contributed by atoms with Gasteiger partial charge in [0.1, 0.15) is 21.9 Å². The summed E-state index contributed by atoms with van der Waals surface area (Å²) in [5.41, 5.74) is -3.99. The molecular formula is C13H11ClF4N2O3. The average molecular weight is 355 g/mol. The Morgan fingerprint density at radius 2 is 1.91 bits per heavy atom. The Labute approximate surface area is 132 Å². The van der Waals surface area contributed by atoms with Gasteiger partial charge in [-0.15, -0.1) is 0 Å². The van der Waals surface area contributed by atoms with Crippen LogP contribution in [0.25, 0.3) is 0 Å². The molecule has 0 aromatic carbocycles. The van der Waals surface area contributed by atoms with Crippen LogP contribution >= 0.6 is 11.6 Å². The summed E-state index contributed by atoms with van der Waals surface area (Å²) in [6.45, 7) is 0. The van der Waals surface area contributed by atoms with Crippen molar-refractivity contribution in [1.82, 2.24) is 9.88 Å². The lowest BCUT2D eigenvalue weighted by Crippen LogP contribution is -2.64. The number of nitrogens with one attached hydrogen (secondary N) is 1. The molecule has 2 rings (SSSR count). The van der Waals surface area contributed by atoms with E-state index in [0.717, 1.165) is 4.57 Å². The van der Waals surface area contributed by atoms with Gasteiger partial charge in [0.05, 0.1) is 0 Å². The van der Waals surface area contributed by atoms with Gasteiger partial charge in [-0.2, -0.15) is 13.2 Å². The molecule has 5 nitrogen and oxygen atoms in total. The molecule has 0 aliphatic heterocycles. The highest BCUT2D eigenvalue weighted by molar-refractivity contribution is 6.47. The van der Waals surface area contributed by atoms with Crippen LogP contribution < -0.4 is 5.32 Å². The third-order valence-electron chi connectivity index (χ3n) is 3.95. The van der Waals surface area contributed by atoms with Gasteiger partial charge in [0.15, 0.2) is 12.1 Å². The number of alkyl halides is 3. The van der Waals surface area contributed by atoms with E-state index < -0.39 is 45.6 Å². The third kappa shape index (κ3) is 2.62. The molecule has 1 amide bonds. The highest BCUT2D eigenvalue weighted by Gasteiger charge is 2.59. The second-order valence-electron chi connectivity index (χ2n) is 5.26. The summed E-state index contributed by atoms with van der Waals surface area (Å²) in [7, 11) is 1.17. The first kappa shape index (κ1) is 17.5. The van der Waals surface area contributed by atoms with Gasteiger partial charge in [-0.25, -0.2) is 4.39 Å². The fourth-order valence-electron chi connectivity index (χ4n) is 2.36. The number of aromatic nitrogens is 1. The van der Waals surface area contributed by atoms with E-state index >= 15 is 0 Å². The second kappa shape index (κ2) is 5.63. The Hall–Kier alpha value is -1.90. The molecule has 0 spiro atoms. The number of carbonyl (C=O) groups is 3. The van der Waals surface area contributed by atoms with Crippen molar-refractivity contribution in [2.24, 2.45) is 7.05 Å². The number of carbonyl (C=O) groups excluding carboxylic acids is 3. The van der Waals surface area contributed by atoms with E-state index in [1.165, 1.54) is 7.05 Å². The fourth-order valence-corrected chi connectivity index (χ4v) is 2.62. The normalized spacial score (nSPS) is 16.6. The van der Waals surface area contributed by atoms with E-state index in [4.69, 9.17) is 11.6 Å². The zero-order valence-corrected chi connectivity index (χ0v) is 12.5. The lowest BCUT2D eigenvalue weighted by molar-refractivity contribution is -0.218. The van der Waals surface area contributed by atoms with E-state index in [0.29, 0.717) is 0 Å². The first-order valence-corrected chi connectivity index (χ1v) is 6.86. The number of ketones is 1. The zero-order valence-electron chi connectivity index (χ0n) is 11.8. The van der Waals surface area contributed by atoms with Crippen LogP contribution in [0.4, 0.5) is 17.6 Å². The molecule has 1 saturated carbocycles. The number of halogens is 5. The highest BCUT2D eigenvalue weighted by Crippen LogP contribution is 2.45. The van der Waals surface area contributed by atoms with Gasteiger partial charge in [-0.1, -0.05) is 11.6 Å². The monoisotopic (exact) mass is 354 g/mol. The van der Waals surface area contributed by atoms with Crippen LogP contribution in [-0.2, 0) is 11.8 Å². The zero-order chi connectivity index (χ0) is 17.6. The molecule has 0 unspecified atom stereocenters. The van der Waals surface area contributed by atoms with Crippen molar-refractivity contribution in [2.45, 2.75) is 31.0 Å². The van der Waals surface area contributed by atoms with Gasteiger partial charge < -0.3 is 9.88 Å². The molecule has 1 N–H and O–H groups in total. The quantitative estimate of drug-likeness (QED) is 0.391. The Balaban J connectivity index is 2.32. The van der Waals surface area contributed by atoms with Crippen LogP contribution in [0.5, 0.6) is 0 Å². The number of hydrogen-bond donors (Lipinski definition) is 1. The molecule has 0 bridgehead atoms. The molecule has 1 aromatic heterocycles. The number of Topliss-reactive ketones (excluding diaryl/α,β-unsaturated/α-hetero) is 1. The van der Waals surface area contributed by atoms with Crippen molar-refractivity contribution in [3.8, 4) is 0 Å². The molecule has 1 aromatic rings. The van der Waals surface area contributed by atoms with Gasteiger partial charge in [-0.3, -0.25) is 14.4 Å². The van der Waals surface area contributed by atoms with E-state index in [2.05, 4.69) is 0 Å². The number of amides is 1. The maximum absolute atomic E-state index is 14.0. The topological polar surface area (TPSA) is 68.2 Å². The SMILES string of the molecule is Cn1c(Cl)c(C(=O)C(=O)NC2(C(F)(F)F)CCC2)c(F)c1C=O. The molecule has 0 atom stereocenters. The van der Waals surface area contributed by atoms with E-state index in [1.54, 1.807) is 5.32 Å². The fraction of sp³-hybridized carbons (Fsp3) is 0.462. The highest BCUT2D eigenvalue weighted by atomic mass is 35.5. The second-order valence-corrected chi connectivity index (χ2v) is 5.62. The van der Waals surface area contributed by atoms with Gasteiger partial charge >= 0.3 is 6.18 Å². The minimum Gasteiger partial charge on any atom is -0.335 e. The summed E-state index contributed by atoms with van der Waals surface area (Å²) >= 11 is 5.69. The van der Waals surface area contributed by atoms with Crippen LogP contribution in [-0.4, -0.2) is 34.3 Å². The van der Waals surface area contributed by atoms with Gasteiger partial charge in [0, 0.05) is 7.05 Å². The first-order valence-electron chi connectivity index (χ1n) is 6.48. The Morgan fingerprint density at radius 1 is 1.35 bits per heavy atom. The molecule has 1 fully saturated rings. The largest absolute Gasteiger partial charge is 0.411 e. The maximum Gasteiger partial charge on any atom is 0.411 e. The summed E-state index contributed by atoms with van der Waals surface area (Å²) in [5.74, 6) is -4.53. The van der Waals surface area contributed by atoms with Crippen molar-refractivity contribution < 1.29 is 31.9 Å². The van der Waals surface area contributed by atoms with Crippen LogP contribution in [0, 0.1) is 5.82 Å². The molecule has 23 heavy (non-hydrogen) atoms. The van der Waals surface area contributed by atoms with Gasteiger partial charge in [-0.05, 0) is 19.3 Å². The predicted octanol–water partition coefficient (Wildman–Crippen LogP) is 2.41. The number of rotatable bonds is 4. The lowest BCUT2D eigenvalue weighted by atomic mass is 9.76.